The number of rotatable bonds is 3. The molecule has 3 rings (SSSR count). The first-order chi connectivity index (χ1) is 10.1. The van der Waals surface area contributed by atoms with Gasteiger partial charge in [-0.1, -0.05) is 68.9 Å². The van der Waals surface area contributed by atoms with Crippen LogP contribution in [0.4, 0.5) is 0 Å². The summed E-state index contributed by atoms with van der Waals surface area (Å²) in [4.78, 5) is 4.89. The Balaban J connectivity index is 2.11. The van der Waals surface area contributed by atoms with E-state index in [-0.39, 0.29) is 0 Å². The Morgan fingerprint density at radius 3 is 2.29 bits per heavy atom. The summed E-state index contributed by atoms with van der Waals surface area (Å²) in [6.45, 7) is 7.22. The Bertz CT molecular complexity index is 607. The van der Waals surface area contributed by atoms with Gasteiger partial charge in [0.2, 0.25) is 0 Å². The van der Waals surface area contributed by atoms with E-state index in [0.29, 0.717) is 5.92 Å². The minimum Gasteiger partial charge on any atom is -0.256 e. The number of pyridine rings is 1. The molecule has 0 atom stereocenters. The molecule has 110 valence electrons. The van der Waals surface area contributed by atoms with E-state index < -0.39 is 8.07 Å². The molecule has 21 heavy (non-hydrogen) atoms. The summed E-state index contributed by atoms with van der Waals surface area (Å²) < 4.78 is 0. The molecule has 1 aromatic carbocycles. The fourth-order valence-electron chi connectivity index (χ4n) is 3.28. The maximum absolute atomic E-state index is 4.89. The lowest BCUT2D eigenvalue weighted by atomic mass is 9.93. The molecule has 1 aliphatic rings. The van der Waals surface area contributed by atoms with E-state index in [1.807, 2.05) is 0 Å². The van der Waals surface area contributed by atoms with Gasteiger partial charge in [-0.15, -0.1) is 0 Å². The number of aromatic nitrogens is 1. The van der Waals surface area contributed by atoms with Gasteiger partial charge in [0.15, 0.2) is 0 Å². The van der Waals surface area contributed by atoms with E-state index >= 15 is 0 Å². The molecule has 0 unspecified atom stereocenters. The summed E-state index contributed by atoms with van der Waals surface area (Å²) in [6.07, 6.45) is 7.53. The molecule has 1 aromatic heterocycles. The van der Waals surface area contributed by atoms with E-state index in [1.165, 1.54) is 47.7 Å². The Hall–Kier alpha value is -1.41. The zero-order chi connectivity index (χ0) is 14.9. The average molecular weight is 296 g/mol. The van der Waals surface area contributed by atoms with Crippen LogP contribution in [0, 0.1) is 0 Å². The van der Waals surface area contributed by atoms with E-state index in [4.69, 9.17) is 4.98 Å². The largest absolute Gasteiger partial charge is 0.256 e. The topological polar surface area (TPSA) is 12.9 Å². The molecule has 0 saturated heterocycles. The number of hydrogen-bond acceptors (Lipinski definition) is 1. The third-order valence-electron chi connectivity index (χ3n) is 4.63. The smallest absolute Gasteiger partial charge is 0.0796 e. The molecular weight excluding hydrogens is 270 g/mol. The van der Waals surface area contributed by atoms with Crippen LogP contribution in [-0.2, 0) is 0 Å². The maximum Gasteiger partial charge on any atom is 0.0796 e. The van der Waals surface area contributed by atoms with Crippen LogP contribution in [0.3, 0.4) is 0 Å². The van der Waals surface area contributed by atoms with Gasteiger partial charge >= 0.3 is 0 Å². The van der Waals surface area contributed by atoms with Crippen molar-refractivity contribution in [2.24, 2.45) is 0 Å². The second-order valence-corrected chi connectivity index (χ2v) is 12.3. The third kappa shape index (κ3) is 3.10. The summed E-state index contributed by atoms with van der Waals surface area (Å²) in [5.74, 6) is 0.712. The first kappa shape index (κ1) is 14.5. The first-order valence-corrected chi connectivity index (χ1v) is 11.6. The van der Waals surface area contributed by atoms with Gasteiger partial charge in [-0.05, 0) is 29.5 Å². The Morgan fingerprint density at radius 1 is 1.00 bits per heavy atom. The minimum atomic E-state index is -1.30. The van der Waals surface area contributed by atoms with E-state index in [1.54, 1.807) is 0 Å². The highest BCUT2D eigenvalue weighted by Gasteiger charge is 2.24. The molecule has 1 nitrogen and oxygen atoms in total. The standard InChI is InChI=1S/C19H25NSi/c1-21(2,3)17-13-18(15-9-7-8-10-15)19(20-14-17)16-11-5-4-6-12-16/h4-6,11-15H,7-10H2,1-3H3. The lowest BCUT2D eigenvalue weighted by Crippen LogP contribution is -2.38. The van der Waals surface area contributed by atoms with Crippen molar-refractivity contribution in [2.45, 2.75) is 51.2 Å². The van der Waals surface area contributed by atoms with Crippen molar-refractivity contribution in [3.05, 3.63) is 48.2 Å². The second kappa shape index (κ2) is 5.76. The van der Waals surface area contributed by atoms with Crippen molar-refractivity contribution < 1.29 is 0 Å². The molecular formula is C19H25NSi. The van der Waals surface area contributed by atoms with Gasteiger partial charge in [-0.2, -0.15) is 0 Å². The predicted octanol–water partition coefficient (Wildman–Crippen LogP) is 4.95. The van der Waals surface area contributed by atoms with Crippen molar-refractivity contribution >= 4 is 13.3 Å². The van der Waals surface area contributed by atoms with Crippen LogP contribution in [0.25, 0.3) is 11.3 Å². The fraction of sp³-hybridized carbons (Fsp3) is 0.421. The third-order valence-corrected chi connectivity index (χ3v) is 6.63. The quantitative estimate of drug-likeness (QED) is 0.730. The summed E-state index contributed by atoms with van der Waals surface area (Å²) in [5, 5.41) is 1.49. The van der Waals surface area contributed by atoms with Gasteiger partial charge in [-0.25, -0.2) is 0 Å². The summed E-state index contributed by atoms with van der Waals surface area (Å²) in [7, 11) is -1.30. The van der Waals surface area contributed by atoms with E-state index in [9.17, 15) is 0 Å². The van der Waals surface area contributed by atoms with Crippen molar-refractivity contribution in [3.8, 4) is 11.3 Å². The fourth-order valence-corrected chi connectivity index (χ4v) is 4.32. The second-order valence-electron chi connectivity index (χ2n) is 7.26. The molecule has 0 aliphatic heterocycles. The summed E-state index contributed by atoms with van der Waals surface area (Å²) in [6, 6.07) is 13.2. The molecule has 1 fully saturated rings. The first-order valence-electron chi connectivity index (χ1n) is 8.11. The van der Waals surface area contributed by atoms with Crippen LogP contribution >= 0.6 is 0 Å². The molecule has 0 N–H and O–H groups in total. The van der Waals surface area contributed by atoms with Crippen LogP contribution in [0.15, 0.2) is 42.6 Å². The van der Waals surface area contributed by atoms with E-state index in [0.717, 1.165) is 0 Å². The van der Waals surface area contributed by atoms with Gasteiger partial charge in [0.1, 0.15) is 0 Å². The predicted molar refractivity (Wildman–Crippen MR) is 93.9 cm³/mol. The molecule has 0 amide bonds. The number of hydrogen-bond donors (Lipinski definition) is 0. The molecule has 0 radical (unpaired) electrons. The van der Waals surface area contributed by atoms with Crippen LogP contribution in [-0.4, -0.2) is 13.1 Å². The molecule has 1 heterocycles. The molecule has 2 aromatic rings. The van der Waals surface area contributed by atoms with Crippen LogP contribution in [0.2, 0.25) is 19.6 Å². The van der Waals surface area contributed by atoms with Gasteiger partial charge in [0, 0.05) is 11.8 Å². The average Bonchev–Trinajstić information content (AvgIpc) is 3.01. The lowest BCUT2D eigenvalue weighted by molar-refractivity contribution is 0.722. The molecule has 0 spiro atoms. The van der Waals surface area contributed by atoms with Gasteiger partial charge in [0.25, 0.3) is 0 Å². The Labute approximate surface area is 129 Å². The van der Waals surface area contributed by atoms with Gasteiger partial charge in [-0.3, -0.25) is 4.98 Å². The highest BCUT2D eigenvalue weighted by Crippen LogP contribution is 2.38. The zero-order valence-corrected chi connectivity index (χ0v) is 14.4. The minimum absolute atomic E-state index is 0.712. The van der Waals surface area contributed by atoms with Gasteiger partial charge in [0.05, 0.1) is 13.8 Å². The normalized spacial score (nSPS) is 16.3. The Morgan fingerprint density at radius 2 is 1.67 bits per heavy atom. The SMILES string of the molecule is C[Si](C)(C)c1cnc(-c2ccccc2)c(C2CCCC2)c1. The number of nitrogens with zero attached hydrogens (tertiary/aromatic N) is 1. The van der Waals surface area contributed by atoms with Gasteiger partial charge < -0.3 is 0 Å². The number of benzene rings is 1. The lowest BCUT2D eigenvalue weighted by Gasteiger charge is -2.21. The highest BCUT2D eigenvalue weighted by atomic mass is 28.3. The van der Waals surface area contributed by atoms with Crippen LogP contribution in [0.1, 0.15) is 37.2 Å². The monoisotopic (exact) mass is 295 g/mol. The Kier molecular flexibility index (Phi) is 3.98. The van der Waals surface area contributed by atoms with Crippen molar-refractivity contribution in [2.75, 3.05) is 0 Å². The van der Waals surface area contributed by atoms with Crippen molar-refractivity contribution in [1.82, 2.24) is 4.98 Å². The molecule has 0 bridgehead atoms. The van der Waals surface area contributed by atoms with Crippen LogP contribution in [0.5, 0.6) is 0 Å². The summed E-state index contributed by atoms with van der Waals surface area (Å²) in [5.41, 5.74) is 3.98. The van der Waals surface area contributed by atoms with E-state index in [2.05, 4.69) is 62.2 Å². The van der Waals surface area contributed by atoms with Crippen molar-refractivity contribution in [1.29, 1.82) is 0 Å². The van der Waals surface area contributed by atoms with Crippen LogP contribution < -0.4 is 5.19 Å². The molecule has 1 saturated carbocycles. The highest BCUT2D eigenvalue weighted by molar-refractivity contribution is 6.88. The van der Waals surface area contributed by atoms with Crippen molar-refractivity contribution in [3.63, 3.8) is 0 Å². The molecule has 2 heteroatoms. The zero-order valence-electron chi connectivity index (χ0n) is 13.4. The maximum atomic E-state index is 4.89. The summed E-state index contributed by atoms with van der Waals surface area (Å²) >= 11 is 0. The molecule has 1 aliphatic carbocycles.